The molecule has 1 heterocycles. The molecule has 0 spiro atoms. The number of methoxy groups -OCH3 is 1. The van der Waals surface area contributed by atoms with Crippen LogP contribution in [-0.4, -0.2) is 38.0 Å². The van der Waals surface area contributed by atoms with Gasteiger partial charge in [0.25, 0.3) is 0 Å². The number of esters is 1. The number of carbonyl (C=O) groups excluding carboxylic acids is 1. The van der Waals surface area contributed by atoms with Crippen LogP contribution in [0.3, 0.4) is 0 Å². The molecule has 1 fully saturated rings. The van der Waals surface area contributed by atoms with Gasteiger partial charge in [0.05, 0.1) is 7.11 Å². The molecule has 3 nitrogen and oxygen atoms in total. The van der Waals surface area contributed by atoms with E-state index < -0.39 is 24.4 Å². The van der Waals surface area contributed by atoms with Gasteiger partial charge in [0.2, 0.25) is 0 Å². The van der Waals surface area contributed by atoms with Gasteiger partial charge in [-0.25, -0.2) is 8.78 Å². The Morgan fingerprint density at radius 3 is 2.92 bits per heavy atom. The standard InChI is InChI=1S/C7H11F2NO2/c1-12-6(11)5-2-7(9,3-8)4-10-5/h5,10H,2-4H2,1H3/t5-,7-/m0/s1. The van der Waals surface area contributed by atoms with E-state index in [4.69, 9.17) is 0 Å². The normalized spacial score (nSPS) is 35.1. The topological polar surface area (TPSA) is 38.3 Å². The van der Waals surface area contributed by atoms with Crippen LogP contribution in [0.1, 0.15) is 6.42 Å². The Morgan fingerprint density at radius 2 is 2.50 bits per heavy atom. The molecule has 0 aromatic heterocycles. The first-order chi connectivity index (χ1) is 5.61. The second-order valence-electron chi connectivity index (χ2n) is 2.95. The molecule has 70 valence electrons. The fourth-order valence-corrected chi connectivity index (χ4v) is 1.23. The predicted molar refractivity (Wildman–Crippen MR) is 38.2 cm³/mol. The van der Waals surface area contributed by atoms with Crippen LogP contribution in [0.15, 0.2) is 0 Å². The SMILES string of the molecule is COC(=O)[C@@H]1C[C@](F)(CF)CN1. The van der Waals surface area contributed by atoms with E-state index in [9.17, 15) is 13.6 Å². The summed E-state index contributed by atoms with van der Waals surface area (Å²) in [4.78, 5) is 10.8. The first kappa shape index (κ1) is 9.38. The highest BCUT2D eigenvalue weighted by atomic mass is 19.2. The molecule has 0 saturated carbocycles. The highest BCUT2D eigenvalue weighted by molar-refractivity contribution is 5.76. The molecule has 0 amide bonds. The Balaban J connectivity index is 2.50. The number of carbonyl (C=O) groups is 1. The average molecular weight is 179 g/mol. The maximum atomic E-state index is 13.1. The molecule has 1 aliphatic rings. The van der Waals surface area contributed by atoms with Gasteiger partial charge in [-0.05, 0) is 0 Å². The van der Waals surface area contributed by atoms with Gasteiger partial charge in [-0.3, -0.25) is 4.79 Å². The van der Waals surface area contributed by atoms with Crippen molar-refractivity contribution in [3.63, 3.8) is 0 Å². The number of alkyl halides is 2. The van der Waals surface area contributed by atoms with Crippen molar-refractivity contribution in [2.75, 3.05) is 20.3 Å². The van der Waals surface area contributed by atoms with Gasteiger partial charge in [-0.15, -0.1) is 0 Å². The molecular weight excluding hydrogens is 168 g/mol. The number of ether oxygens (including phenoxy) is 1. The Morgan fingerprint density at radius 1 is 1.83 bits per heavy atom. The lowest BCUT2D eigenvalue weighted by molar-refractivity contribution is -0.142. The highest BCUT2D eigenvalue weighted by Gasteiger charge is 2.42. The zero-order chi connectivity index (χ0) is 9.19. The number of rotatable bonds is 2. The van der Waals surface area contributed by atoms with E-state index in [2.05, 4.69) is 10.1 Å². The summed E-state index contributed by atoms with van der Waals surface area (Å²) in [6.45, 7) is -1.18. The van der Waals surface area contributed by atoms with E-state index in [1.165, 1.54) is 7.11 Å². The lowest BCUT2D eigenvalue weighted by Crippen LogP contribution is -2.31. The summed E-state index contributed by atoms with van der Waals surface area (Å²) in [6.07, 6.45) is -0.143. The molecule has 12 heavy (non-hydrogen) atoms. The highest BCUT2D eigenvalue weighted by Crippen LogP contribution is 2.24. The summed E-state index contributed by atoms with van der Waals surface area (Å²) in [5, 5.41) is 2.56. The number of hydrogen-bond acceptors (Lipinski definition) is 3. The summed E-state index contributed by atoms with van der Waals surface area (Å²) >= 11 is 0. The maximum absolute atomic E-state index is 13.1. The number of nitrogens with one attached hydrogen (secondary N) is 1. The van der Waals surface area contributed by atoms with Crippen molar-refractivity contribution in [2.45, 2.75) is 18.1 Å². The first-order valence-electron chi connectivity index (χ1n) is 3.67. The minimum absolute atomic E-state index is 0.122. The van der Waals surface area contributed by atoms with Crippen LogP contribution in [0, 0.1) is 0 Å². The van der Waals surface area contributed by atoms with Gasteiger partial charge >= 0.3 is 5.97 Å². The van der Waals surface area contributed by atoms with E-state index in [0.29, 0.717) is 0 Å². The van der Waals surface area contributed by atoms with Crippen molar-refractivity contribution in [1.29, 1.82) is 0 Å². The van der Waals surface area contributed by atoms with Gasteiger partial charge < -0.3 is 10.1 Å². The van der Waals surface area contributed by atoms with Gasteiger partial charge in [-0.1, -0.05) is 0 Å². The summed E-state index contributed by atoms with van der Waals surface area (Å²) in [6, 6.07) is -0.698. The van der Waals surface area contributed by atoms with Crippen molar-refractivity contribution in [3.8, 4) is 0 Å². The molecule has 0 aromatic carbocycles. The molecule has 0 unspecified atom stereocenters. The van der Waals surface area contributed by atoms with Crippen molar-refractivity contribution in [3.05, 3.63) is 0 Å². The van der Waals surface area contributed by atoms with Gasteiger partial charge in [0.15, 0.2) is 5.67 Å². The molecule has 0 bridgehead atoms. The fraction of sp³-hybridized carbons (Fsp3) is 0.857. The molecule has 0 radical (unpaired) electrons. The van der Waals surface area contributed by atoms with Crippen molar-refractivity contribution < 1.29 is 18.3 Å². The molecular formula is C7H11F2NO2. The lowest BCUT2D eigenvalue weighted by Gasteiger charge is -2.12. The second-order valence-corrected chi connectivity index (χ2v) is 2.95. The summed E-state index contributed by atoms with van der Waals surface area (Å²) in [7, 11) is 1.22. The first-order valence-corrected chi connectivity index (χ1v) is 3.67. The van der Waals surface area contributed by atoms with Gasteiger partial charge in [0.1, 0.15) is 12.7 Å². The molecule has 1 saturated heterocycles. The third-order valence-corrected chi connectivity index (χ3v) is 1.96. The minimum atomic E-state index is -1.89. The van der Waals surface area contributed by atoms with E-state index in [1.54, 1.807) is 0 Å². The molecule has 1 N–H and O–H groups in total. The number of hydrogen-bond donors (Lipinski definition) is 1. The van der Waals surface area contributed by atoms with Crippen LogP contribution in [0.5, 0.6) is 0 Å². The van der Waals surface area contributed by atoms with Crippen molar-refractivity contribution in [1.82, 2.24) is 5.32 Å². The third kappa shape index (κ3) is 1.72. The van der Waals surface area contributed by atoms with E-state index in [1.807, 2.05) is 0 Å². The summed E-state index contributed by atoms with van der Waals surface area (Å²) in [5.41, 5.74) is -1.89. The van der Waals surface area contributed by atoms with E-state index in [0.717, 1.165) is 0 Å². The van der Waals surface area contributed by atoms with Gasteiger partial charge in [0, 0.05) is 13.0 Å². The molecule has 0 aromatic rings. The van der Waals surface area contributed by atoms with Crippen molar-refractivity contribution in [2.24, 2.45) is 0 Å². The maximum Gasteiger partial charge on any atom is 0.322 e. The monoisotopic (exact) mass is 179 g/mol. The van der Waals surface area contributed by atoms with Crippen LogP contribution >= 0.6 is 0 Å². The van der Waals surface area contributed by atoms with Crippen LogP contribution in [0.2, 0.25) is 0 Å². The van der Waals surface area contributed by atoms with E-state index >= 15 is 0 Å². The zero-order valence-electron chi connectivity index (χ0n) is 6.77. The Bertz CT molecular complexity index is 188. The molecule has 5 heteroatoms. The summed E-state index contributed by atoms with van der Waals surface area (Å²) in [5.74, 6) is -0.539. The molecule has 1 aliphatic heterocycles. The van der Waals surface area contributed by atoms with Crippen LogP contribution < -0.4 is 5.32 Å². The second kappa shape index (κ2) is 3.35. The van der Waals surface area contributed by atoms with E-state index in [-0.39, 0.29) is 13.0 Å². The Kier molecular flexibility index (Phi) is 2.62. The van der Waals surface area contributed by atoms with Crippen molar-refractivity contribution >= 4 is 5.97 Å². The Labute approximate surface area is 69.1 Å². The lowest BCUT2D eigenvalue weighted by atomic mass is 10.0. The van der Waals surface area contributed by atoms with Crippen LogP contribution in [0.4, 0.5) is 8.78 Å². The quantitative estimate of drug-likeness (QED) is 0.615. The smallest absolute Gasteiger partial charge is 0.322 e. The van der Waals surface area contributed by atoms with Crippen LogP contribution in [-0.2, 0) is 9.53 Å². The fourth-order valence-electron chi connectivity index (χ4n) is 1.23. The third-order valence-electron chi connectivity index (χ3n) is 1.96. The number of halogens is 2. The predicted octanol–water partition coefficient (Wildman–Crippen LogP) is 0.199. The summed E-state index contributed by atoms with van der Waals surface area (Å²) < 4.78 is 29.6. The minimum Gasteiger partial charge on any atom is -0.468 e. The van der Waals surface area contributed by atoms with Crippen LogP contribution in [0.25, 0.3) is 0 Å². The molecule has 1 rings (SSSR count). The largest absolute Gasteiger partial charge is 0.468 e. The molecule has 0 aliphatic carbocycles. The average Bonchev–Trinajstić information content (AvgIpc) is 2.48. The zero-order valence-corrected chi connectivity index (χ0v) is 6.77. The van der Waals surface area contributed by atoms with Gasteiger partial charge in [-0.2, -0.15) is 0 Å². The Hall–Kier alpha value is -0.710. The molecule has 2 atom stereocenters.